The molecule has 1 heteroatoms. The van der Waals surface area contributed by atoms with Crippen LogP contribution in [0.5, 0.6) is 0 Å². The van der Waals surface area contributed by atoms with Gasteiger partial charge in [-0.25, -0.2) is 0 Å². The van der Waals surface area contributed by atoms with Crippen LogP contribution in [0.4, 0.5) is 0 Å². The SMILES string of the molecule is C=C(C)C[C@@H](O)c1ccccc1. The van der Waals surface area contributed by atoms with E-state index >= 15 is 0 Å². The Bertz CT molecular complexity index is 251. The zero-order valence-corrected chi connectivity index (χ0v) is 7.33. The molecule has 64 valence electrons. The Morgan fingerprint density at radius 1 is 1.42 bits per heavy atom. The number of aliphatic hydroxyl groups is 1. The first-order chi connectivity index (χ1) is 5.70. The molecule has 0 saturated heterocycles. The summed E-state index contributed by atoms with van der Waals surface area (Å²) in [5.74, 6) is 0. The molecule has 0 saturated carbocycles. The van der Waals surface area contributed by atoms with Crippen molar-refractivity contribution < 1.29 is 5.11 Å². The Kier molecular flexibility index (Phi) is 3.06. The molecule has 12 heavy (non-hydrogen) atoms. The van der Waals surface area contributed by atoms with Gasteiger partial charge in [-0.1, -0.05) is 35.9 Å². The van der Waals surface area contributed by atoms with E-state index in [1.807, 2.05) is 37.3 Å². The predicted molar refractivity (Wildman–Crippen MR) is 50.8 cm³/mol. The first kappa shape index (κ1) is 9.01. The Morgan fingerprint density at radius 2 is 2.00 bits per heavy atom. The lowest BCUT2D eigenvalue weighted by Crippen LogP contribution is -1.96. The molecule has 1 atom stereocenters. The van der Waals surface area contributed by atoms with Crippen LogP contribution in [-0.2, 0) is 0 Å². The molecule has 0 aliphatic carbocycles. The first-order valence-corrected chi connectivity index (χ1v) is 4.07. The fraction of sp³-hybridized carbons (Fsp3) is 0.273. The average molecular weight is 162 g/mol. The van der Waals surface area contributed by atoms with Gasteiger partial charge in [0.25, 0.3) is 0 Å². The minimum atomic E-state index is -0.399. The maximum Gasteiger partial charge on any atom is 0.0826 e. The summed E-state index contributed by atoms with van der Waals surface area (Å²) in [5, 5.41) is 9.63. The molecule has 1 aromatic rings. The van der Waals surface area contributed by atoms with Gasteiger partial charge in [-0.15, -0.1) is 6.58 Å². The largest absolute Gasteiger partial charge is 0.388 e. The van der Waals surface area contributed by atoms with Crippen LogP contribution in [0.3, 0.4) is 0 Å². The molecule has 0 spiro atoms. The van der Waals surface area contributed by atoms with Crippen LogP contribution in [0.15, 0.2) is 42.5 Å². The van der Waals surface area contributed by atoms with Crippen molar-refractivity contribution >= 4 is 0 Å². The van der Waals surface area contributed by atoms with Crippen LogP contribution in [-0.4, -0.2) is 5.11 Å². The summed E-state index contributed by atoms with van der Waals surface area (Å²) in [6.45, 7) is 5.68. The third-order valence-corrected chi connectivity index (χ3v) is 1.73. The van der Waals surface area contributed by atoms with Crippen molar-refractivity contribution in [3.63, 3.8) is 0 Å². The molecule has 0 bridgehead atoms. The van der Waals surface area contributed by atoms with Gasteiger partial charge in [0.2, 0.25) is 0 Å². The molecular formula is C11H14O. The number of benzene rings is 1. The maximum absolute atomic E-state index is 9.63. The van der Waals surface area contributed by atoms with Crippen LogP contribution >= 0.6 is 0 Å². The lowest BCUT2D eigenvalue weighted by molar-refractivity contribution is 0.178. The highest BCUT2D eigenvalue weighted by molar-refractivity contribution is 5.18. The molecular weight excluding hydrogens is 148 g/mol. The van der Waals surface area contributed by atoms with Gasteiger partial charge in [-0.05, 0) is 18.9 Å². The Labute approximate surface area is 73.4 Å². The Morgan fingerprint density at radius 3 is 2.50 bits per heavy atom. The molecule has 0 aliphatic rings. The highest BCUT2D eigenvalue weighted by atomic mass is 16.3. The van der Waals surface area contributed by atoms with Crippen molar-refractivity contribution in [3.8, 4) is 0 Å². The van der Waals surface area contributed by atoms with Gasteiger partial charge in [-0.2, -0.15) is 0 Å². The summed E-state index contributed by atoms with van der Waals surface area (Å²) in [6, 6.07) is 9.64. The summed E-state index contributed by atoms with van der Waals surface area (Å²) >= 11 is 0. The Balaban J connectivity index is 2.65. The van der Waals surface area contributed by atoms with E-state index in [9.17, 15) is 5.11 Å². The number of hydrogen-bond acceptors (Lipinski definition) is 1. The van der Waals surface area contributed by atoms with E-state index in [1.54, 1.807) is 0 Å². The van der Waals surface area contributed by atoms with Gasteiger partial charge in [0.1, 0.15) is 0 Å². The van der Waals surface area contributed by atoms with Crippen molar-refractivity contribution in [2.24, 2.45) is 0 Å². The number of hydrogen-bond donors (Lipinski definition) is 1. The van der Waals surface area contributed by atoms with Crippen LogP contribution in [0.25, 0.3) is 0 Å². The molecule has 1 nitrogen and oxygen atoms in total. The molecule has 0 aliphatic heterocycles. The molecule has 0 amide bonds. The number of rotatable bonds is 3. The van der Waals surface area contributed by atoms with Crippen molar-refractivity contribution in [1.29, 1.82) is 0 Å². The molecule has 0 heterocycles. The minimum absolute atomic E-state index is 0.399. The fourth-order valence-corrected chi connectivity index (χ4v) is 1.12. The summed E-state index contributed by atoms with van der Waals surface area (Å²) in [5.41, 5.74) is 1.96. The van der Waals surface area contributed by atoms with Crippen molar-refractivity contribution in [2.75, 3.05) is 0 Å². The normalized spacial score (nSPS) is 12.5. The van der Waals surface area contributed by atoms with Gasteiger partial charge in [0.05, 0.1) is 6.10 Å². The second-order valence-corrected chi connectivity index (χ2v) is 3.09. The zero-order valence-electron chi connectivity index (χ0n) is 7.33. The molecule has 0 unspecified atom stereocenters. The molecule has 0 aromatic heterocycles. The summed E-state index contributed by atoms with van der Waals surface area (Å²) < 4.78 is 0. The van der Waals surface area contributed by atoms with E-state index < -0.39 is 6.10 Å². The van der Waals surface area contributed by atoms with Gasteiger partial charge in [-0.3, -0.25) is 0 Å². The van der Waals surface area contributed by atoms with Gasteiger partial charge >= 0.3 is 0 Å². The van der Waals surface area contributed by atoms with Crippen LogP contribution < -0.4 is 0 Å². The van der Waals surface area contributed by atoms with Gasteiger partial charge in [0.15, 0.2) is 0 Å². The molecule has 1 N–H and O–H groups in total. The molecule has 0 fully saturated rings. The summed E-state index contributed by atoms with van der Waals surface area (Å²) in [6.07, 6.45) is 0.244. The monoisotopic (exact) mass is 162 g/mol. The van der Waals surface area contributed by atoms with Gasteiger partial charge in [0, 0.05) is 0 Å². The second-order valence-electron chi connectivity index (χ2n) is 3.09. The van der Waals surface area contributed by atoms with E-state index in [0.717, 1.165) is 11.1 Å². The summed E-state index contributed by atoms with van der Waals surface area (Å²) in [4.78, 5) is 0. The minimum Gasteiger partial charge on any atom is -0.388 e. The fourth-order valence-electron chi connectivity index (χ4n) is 1.12. The zero-order chi connectivity index (χ0) is 8.97. The highest BCUT2D eigenvalue weighted by Gasteiger charge is 2.05. The van der Waals surface area contributed by atoms with E-state index in [1.165, 1.54) is 0 Å². The van der Waals surface area contributed by atoms with E-state index in [-0.39, 0.29) is 0 Å². The van der Waals surface area contributed by atoms with Crippen molar-refractivity contribution in [3.05, 3.63) is 48.0 Å². The lowest BCUT2D eigenvalue weighted by Gasteiger charge is -2.09. The van der Waals surface area contributed by atoms with E-state index in [2.05, 4.69) is 6.58 Å². The molecule has 1 rings (SSSR count). The van der Waals surface area contributed by atoms with E-state index in [0.29, 0.717) is 6.42 Å². The van der Waals surface area contributed by atoms with E-state index in [4.69, 9.17) is 0 Å². The maximum atomic E-state index is 9.63. The Hall–Kier alpha value is -1.08. The topological polar surface area (TPSA) is 20.2 Å². The van der Waals surface area contributed by atoms with Crippen molar-refractivity contribution in [2.45, 2.75) is 19.4 Å². The smallest absolute Gasteiger partial charge is 0.0826 e. The quantitative estimate of drug-likeness (QED) is 0.677. The summed E-state index contributed by atoms with van der Waals surface area (Å²) in [7, 11) is 0. The standard InChI is InChI=1S/C11H14O/c1-9(2)8-11(12)10-6-4-3-5-7-10/h3-7,11-12H,1,8H2,2H3/t11-/m1/s1. The van der Waals surface area contributed by atoms with Crippen molar-refractivity contribution in [1.82, 2.24) is 0 Å². The van der Waals surface area contributed by atoms with Crippen LogP contribution in [0.2, 0.25) is 0 Å². The molecule has 1 aromatic carbocycles. The second kappa shape index (κ2) is 4.07. The third kappa shape index (κ3) is 2.51. The predicted octanol–water partition coefficient (Wildman–Crippen LogP) is 2.69. The first-order valence-electron chi connectivity index (χ1n) is 4.07. The third-order valence-electron chi connectivity index (χ3n) is 1.73. The van der Waals surface area contributed by atoms with Crippen LogP contribution in [0, 0.1) is 0 Å². The van der Waals surface area contributed by atoms with Crippen LogP contribution in [0.1, 0.15) is 25.0 Å². The highest BCUT2D eigenvalue weighted by Crippen LogP contribution is 2.18. The lowest BCUT2D eigenvalue weighted by atomic mass is 10.0. The van der Waals surface area contributed by atoms with Gasteiger partial charge < -0.3 is 5.11 Å². The average Bonchev–Trinajstić information content (AvgIpc) is 2.05. The number of aliphatic hydroxyl groups excluding tert-OH is 1. The molecule has 0 radical (unpaired) electrons.